The normalized spacial score (nSPS) is 20.0. The van der Waals surface area contributed by atoms with Crippen LogP contribution in [0.1, 0.15) is 48.7 Å². The van der Waals surface area contributed by atoms with Crippen molar-refractivity contribution in [3.8, 4) is 0 Å². The molecule has 0 saturated heterocycles. The number of Topliss-reactive ketones (excluding diaryl/α,β-unsaturated/α-hetero) is 1. The zero-order valence-electron chi connectivity index (χ0n) is 17.3. The molecule has 3 aromatic rings. The molecule has 1 atom stereocenters. The van der Waals surface area contributed by atoms with E-state index in [0.717, 1.165) is 34.5 Å². The van der Waals surface area contributed by atoms with E-state index in [9.17, 15) is 4.79 Å². The van der Waals surface area contributed by atoms with Gasteiger partial charge in [0.1, 0.15) is 6.04 Å². The Balaban J connectivity index is 1.54. The summed E-state index contributed by atoms with van der Waals surface area (Å²) in [6.45, 7) is 6.41. The number of benzene rings is 1. The summed E-state index contributed by atoms with van der Waals surface area (Å²) in [7, 11) is 0. The minimum Gasteiger partial charge on any atom is -0.328 e. The highest BCUT2D eigenvalue weighted by atomic mass is 32.2. The van der Waals surface area contributed by atoms with Gasteiger partial charge in [0.05, 0.1) is 0 Å². The van der Waals surface area contributed by atoms with Crippen molar-refractivity contribution in [2.75, 3.05) is 5.32 Å². The van der Waals surface area contributed by atoms with Crippen molar-refractivity contribution in [1.82, 2.24) is 14.8 Å². The molecule has 1 N–H and O–H groups in total. The molecule has 0 saturated carbocycles. The second-order valence-corrected chi connectivity index (χ2v) is 10.7. The maximum atomic E-state index is 13.2. The van der Waals surface area contributed by atoms with Crippen LogP contribution in [-0.2, 0) is 10.5 Å². The molecule has 0 bridgehead atoms. The lowest BCUT2D eigenvalue weighted by atomic mass is 9.73. The number of aryl methyl sites for hydroxylation is 1. The van der Waals surface area contributed by atoms with Crippen LogP contribution in [0.5, 0.6) is 0 Å². The molecule has 2 aromatic heterocycles. The number of carbonyl (C=O) groups excluding carboxylic acids is 1. The lowest BCUT2D eigenvalue weighted by molar-refractivity contribution is -0.118. The fourth-order valence-corrected chi connectivity index (χ4v) is 6.08. The topological polar surface area (TPSA) is 59.8 Å². The molecule has 0 spiro atoms. The number of aromatic nitrogens is 3. The van der Waals surface area contributed by atoms with Crippen LogP contribution in [0, 0.1) is 12.3 Å². The van der Waals surface area contributed by atoms with Crippen molar-refractivity contribution >= 4 is 34.8 Å². The molecule has 0 radical (unpaired) electrons. The van der Waals surface area contributed by atoms with E-state index in [0.29, 0.717) is 6.42 Å². The first kappa shape index (κ1) is 19.6. The van der Waals surface area contributed by atoms with Gasteiger partial charge >= 0.3 is 0 Å². The molecule has 1 aliphatic heterocycles. The number of hydrogen-bond acceptors (Lipinski definition) is 6. The predicted octanol–water partition coefficient (Wildman–Crippen LogP) is 5.60. The molecule has 7 heteroatoms. The highest BCUT2D eigenvalue weighted by Gasteiger charge is 2.42. The second-order valence-electron chi connectivity index (χ2n) is 8.77. The molecule has 30 heavy (non-hydrogen) atoms. The maximum Gasteiger partial charge on any atom is 0.227 e. The Hall–Kier alpha value is -2.38. The van der Waals surface area contributed by atoms with Crippen LogP contribution in [0.3, 0.4) is 0 Å². The monoisotopic (exact) mass is 436 g/mol. The summed E-state index contributed by atoms with van der Waals surface area (Å²) in [4.78, 5) is 19.2. The van der Waals surface area contributed by atoms with Gasteiger partial charge in [0.15, 0.2) is 5.78 Å². The third-order valence-corrected chi connectivity index (χ3v) is 7.65. The quantitative estimate of drug-likeness (QED) is 0.540. The average Bonchev–Trinajstić information content (AvgIpc) is 3.30. The Labute approximate surface area is 184 Å². The summed E-state index contributed by atoms with van der Waals surface area (Å²) in [6, 6.07) is 12.3. The molecule has 1 aliphatic carbocycles. The number of nitrogens with zero attached hydrogens (tertiary/aromatic N) is 3. The zero-order chi connectivity index (χ0) is 20.9. The van der Waals surface area contributed by atoms with Crippen molar-refractivity contribution in [2.24, 2.45) is 5.41 Å². The lowest BCUT2D eigenvalue weighted by Gasteiger charge is -2.38. The lowest BCUT2D eigenvalue weighted by Crippen LogP contribution is -2.36. The predicted molar refractivity (Wildman–Crippen MR) is 122 cm³/mol. The third kappa shape index (κ3) is 3.50. The minimum absolute atomic E-state index is 0.0506. The Bertz CT molecular complexity index is 1140. The first-order valence-corrected chi connectivity index (χ1v) is 12.0. The van der Waals surface area contributed by atoms with E-state index >= 15 is 0 Å². The van der Waals surface area contributed by atoms with Crippen LogP contribution >= 0.6 is 23.1 Å². The Morgan fingerprint density at radius 1 is 1.23 bits per heavy atom. The van der Waals surface area contributed by atoms with E-state index in [-0.39, 0.29) is 17.2 Å². The molecule has 154 valence electrons. The van der Waals surface area contributed by atoms with E-state index in [1.165, 1.54) is 16.0 Å². The summed E-state index contributed by atoms with van der Waals surface area (Å²) < 4.78 is 1.92. The second kappa shape index (κ2) is 7.39. The van der Waals surface area contributed by atoms with E-state index in [1.54, 1.807) is 23.1 Å². The van der Waals surface area contributed by atoms with Gasteiger partial charge in [-0.2, -0.15) is 4.98 Å². The average molecular weight is 437 g/mol. The van der Waals surface area contributed by atoms with Gasteiger partial charge in [-0.3, -0.25) is 4.79 Å². The van der Waals surface area contributed by atoms with Gasteiger partial charge in [-0.25, -0.2) is 4.68 Å². The third-order valence-electron chi connectivity index (χ3n) is 5.67. The number of fused-ring (bicyclic) bond motifs is 1. The number of ketones is 1. The Morgan fingerprint density at radius 2 is 2.03 bits per heavy atom. The van der Waals surface area contributed by atoms with Crippen molar-refractivity contribution in [3.63, 3.8) is 0 Å². The van der Waals surface area contributed by atoms with Gasteiger partial charge in [0, 0.05) is 28.3 Å². The number of carbonyl (C=O) groups is 1. The zero-order valence-corrected chi connectivity index (χ0v) is 18.9. The van der Waals surface area contributed by atoms with Crippen molar-refractivity contribution in [2.45, 2.75) is 50.6 Å². The first-order valence-electron chi connectivity index (χ1n) is 10.1. The number of rotatable bonds is 4. The highest BCUT2D eigenvalue weighted by Crippen LogP contribution is 2.47. The number of nitrogens with one attached hydrogen (secondary N) is 1. The molecule has 0 fully saturated rings. The summed E-state index contributed by atoms with van der Waals surface area (Å²) >= 11 is 3.31. The van der Waals surface area contributed by atoms with Gasteiger partial charge in [0.25, 0.3) is 0 Å². The summed E-state index contributed by atoms with van der Waals surface area (Å²) in [5.41, 5.74) is 4.25. The summed E-state index contributed by atoms with van der Waals surface area (Å²) in [6.07, 6.45) is 1.41. The standard InChI is InChI=1S/C23H24N4OS2/c1-14-9-10-29-20(14)19-18-16(11-23(2,3)12-17(18)28)24-21-25-22(26-27(19)21)30-13-15-7-5-4-6-8-15/h4-10,19H,11-13H2,1-3H3,(H,24,25,26). The molecule has 5 rings (SSSR count). The molecule has 1 aromatic carbocycles. The fourth-order valence-electron chi connectivity index (χ4n) is 4.28. The van der Waals surface area contributed by atoms with Crippen LogP contribution in [0.4, 0.5) is 5.95 Å². The van der Waals surface area contributed by atoms with E-state index in [2.05, 4.69) is 49.7 Å². The molecule has 0 amide bonds. The van der Waals surface area contributed by atoms with Crippen LogP contribution in [-0.4, -0.2) is 20.5 Å². The van der Waals surface area contributed by atoms with Gasteiger partial charge in [-0.1, -0.05) is 55.9 Å². The van der Waals surface area contributed by atoms with E-state index in [1.807, 2.05) is 22.9 Å². The number of thioether (sulfide) groups is 1. The van der Waals surface area contributed by atoms with Crippen molar-refractivity contribution in [3.05, 3.63) is 69.1 Å². The molecule has 5 nitrogen and oxygen atoms in total. The Morgan fingerprint density at radius 3 is 2.77 bits per heavy atom. The summed E-state index contributed by atoms with van der Waals surface area (Å²) in [5, 5.41) is 11.1. The largest absolute Gasteiger partial charge is 0.328 e. The number of thiophene rings is 1. The number of hydrogen-bond donors (Lipinski definition) is 1. The van der Waals surface area contributed by atoms with Gasteiger partial charge in [-0.05, 0) is 41.3 Å². The first-order chi connectivity index (χ1) is 14.4. The molecule has 3 heterocycles. The Kier molecular flexibility index (Phi) is 4.82. The maximum absolute atomic E-state index is 13.2. The van der Waals surface area contributed by atoms with E-state index < -0.39 is 0 Å². The van der Waals surface area contributed by atoms with Crippen LogP contribution in [0.25, 0.3) is 0 Å². The molecule has 2 aliphatic rings. The van der Waals surface area contributed by atoms with Gasteiger partial charge < -0.3 is 5.32 Å². The van der Waals surface area contributed by atoms with Crippen LogP contribution in [0.2, 0.25) is 0 Å². The molecule has 1 unspecified atom stereocenters. The van der Waals surface area contributed by atoms with Crippen LogP contribution < -0.4 is 5.32 Å². The molecular weight excluding hydrogens is 412 g/mol. The fraction of sp³-hybridized carbons (Fsp3) is 0.348. The van der Waals surface area contributed by atoms with Crippen LogP contribution in [0.15, 0.2) is 58.2 Å². The highest BCUT2D eigenvalue weighted by molar-refractivity contribution is 7.98. The SMILES string of the molecule is Cc1ccsc1C1C2=C(CC(C)(C)CC2=O)Nc2nc(SCc3ccccc3)nn21. The smallest absolute Gasteiger partial charge is 0.227 e. The van der Waals surface area contributed by atoms with Crippen molar-refractivity contribution in [1.29, 1.82) is 0 Å². The van der Waals surface area contributed by atoms with Crippen molar-refractivity contribution < 1.29 is 4.79 Å². The number of anilines is 1. The molecular formula is C23H24N4OS2. The number of allylic oxidation sites excluding steroid dienone is 2. The summed E-state index contributed by atoms with van der Waals surface area (Å²) in [5.74, 6) is 1.75. The van der Waals surface area contributed by atoms with Gasteiger partial charge in [-0.15, -0.1) is 16.4 Å². The van der Waals surface area contributed by atoms with Gasteiger partial charge in [0.2, 0.25) is 11.1 Å². The van der Waals surface area contributed by atoms with E-state index in [4.69, 9.17) is 10.1 Å². The minimum atomic E-state index is -0.196.